The van der Waals surface area contributed by atoms with Crippen LogP contribution in [0.5, 0.6) is 0 Å². The van der Waals surface area contributed by atoms with Crippen LogP contribution in [-0.4, -0.2) is 165 Å². The molecule has 119 heavy (non-hydrogen) atoms. The normalized spacial score (nSPS) is 12.9. The van der Waals surface area contributed by atoms with Gasteiger partial charge in [0.25, 0.3) is 32.1 Å². The van der Waals surface area contributed by atoms with E-state index in [1.807, 2.05) is 128 Å². The third-order valence-corrected chi connectivity index (χ3v) is 26.1. The van der Waals surface area contributed by atoms with Gasteiger partial charge in [-0.05, 0) is 153 Å². The zero-order chi connectivity index (χ0) is 84.6. The summed E-state index contributed by atoms with van der Waals surface area (Å²) in [5.41, 5.74) is 5.77. The molecule has 1 atom stereocenters. The molecule has 0 bridgehead atoms. The number of anilines is 2. The second kappa shape index (κ2) is 44.1. The van der Waals surface area contributed by atoms with E-state index in [0.717, 1.165) is 86.6 Å². The Morgan fingerprint density at radius 3 is 1.43 bits per heavy atom. The molecular weight excluding hydrogens is 1710 g/mol. The number of hydrogen-bond acceptors (Lipinski definition) is 19. The van der Waals surface area contributed by atoms with Gasteiger partial charge >= 0.3 is 5.97 Å². The number of pyridine rings is 1. The van der Waals surface area contributed by atoms with Gasteiger partial charge in [0.1, 0.15) is 64.8 Å². The largest absolute Gasteiger partial charge is 0.456 e. The summed E-state index contributed by atoms with van der Waals surface area (Å²) in [6, 6.07) is 33.3. The molecular formula is C83H112N9O21PS4Y+2. The summed E-state index contributed by atoms with van der Waals surface area (Å²) in [6.45, 7) is 23.9. The standard InChI is InChI=1S/C44H58N5O11PS2.C37H44N4O10S2.2CH4.Y/c1-6-48(7-2)33-16-19-37-40(25-33)60-41-26-34(49(8-3)9-4)17-20-38(41)44(37)39-21-18-36(27-42(39)63(57,58)59)62(55,56)46-22-12-10-11-15-43(51)45-28-35(50)30-47-23-13-14-32(29-47)24-31(5)61(52,53)54;1-5-39(6-2)25-13-16-28-31(22-25)50-32-23-26(40(7-3)8-4)14-17-29(32)37(28)30-18-15-27(24-33(30)53(47,48)49)52(45,46)38-21-11-9-10-12-36(44)51-41-34(42)19-20-35(41)43;;;/h13-14,16-21,23,25-27,29,35,46,50H,6-12,15,22,24,28,30H2,1-5H3,(H3-,45,51,52,53,54,57,58,59);13-18,22-24,38H,5-12,19-21H2,1-4H3;2*1H4;/p+2. The van der Waals surface area contributed by atoms with Crippen molar-refractivity contribution in [3.8, 4) is 44.9 Å². The van der Waals surface area contributed by atoms with Gasteiger partial charge in [0.15, 0.2) is 26.5 Å². The van der Waals surface area contributed by atoms with Gasteiger partial charge in [0.05, 0.1) is 21.9 Å². The number of rotatable bonds is 38. The molecule has 3 amide bonds. The number of aliphatic hydroxyl groups is 1. The zero-order valence-corrected chi connectivity index (χ0v) is 74.2. The number of amides is 3. The quantitative estimate of drug-likeness (QED) is 0.00339. The van der Waals surface area contributed by atoms with Crippen LogP contribution in [0.3, 0.4) is 0 Å². The average molecular weight is 1820 g/mol. The Morgan fingerprint density at radius 2 is 1.02 bits per heavy atom. The van der Waals surface area contributed by atoms with Crippen LogP contribution >= 0.6 is 7.60 Å². The minimum atomic E-state index is -4.96. The van der Waals surface area contributed by atoms with E-state index in [9.17, 15) is 81.4 Å². The molecule has 5 aliphatic rings. The number of carbonyl (C=O) groups excluding carboxylic acids is 4. The molecule has 1 unspecified atom stereocenters. The van der Waals surface area contributed by atoms with Gasteiger partial charge in [-0.15, -0.1) is 11.5 Å². The minimum Gasteiger partial charge on any atom is -0.456 e. The summed E-state index contributed by atoms with van der Waals surface area (Å²) in [6.07, 6.45) is 4.95. The number of aliphatic hydroxyl groups excluding tert-OH is 1. The fraction of sp³-hybridized carbons (Fsp3) is 0.422. The third kappa shape index (κ3) is 25.5. The monoisotopic (exact) mass is 1820 g/mol. The first-order valence-electron chi connectivity index (χ1n) is 38.8. The summed E-state index contributed by atoms with van der Waals surface area (Å²) < 4.78 is 162. The molecule has 1 aromatic heterocycles. The maximum absolute atomic E-state index is 13.5. The average Bonchev–Trinajstić information content (AvgIpc) is 0.921. The van der Waals surface area contributed by atoms with Gasteiger partial charge in [-0.25, -0.2) is 44.8 Å². The number of hydroxylamine groups is 2. The molecule has 5 aromatic rings. The van der Waals surface area contributed by atoms with Crippen molar-refractivity contribution < 1.29 is 132 Å². The molecule has 645 valence electrons. The first-order chi connectivity index (χ1) is 55.0. The van der Waals surface area contributed by atoms with Crippen molar-refractivity contribution in [2.24, 2.45) is 0 Å². The van der Waals surface area contributed by atoms with Gasteiger partial charge in [0.2, 0.25) is 36.7 Å². The zero-order valence-electron chi connectivity index (χ0n) is 67.2. The molecule has 2 aliphatic carbocycles. The number of nitrogens with one attached hydrogen (secondary N) is 3. The third-order valence-electron chi connectivity index (χ3n) is 20.3. The molecule has 0 saturated carbocycles. The van der Waals surface area contributed by atoms with Crippen molar-refractivity contribution >= 4 is 105 Å². The minimum absolute atomic E-state index is 0. The van der Waals surface area contributed by atoms with Gasteiger partial charge in [-0.3, -0.25) is 28.1 Å². The van der Waals surface area contributed by atoms with Crippen LogP contribution in [0.2, 0.25) is 0 Å². The van der Waals surface area contributed by atoms with Gasteiger partial charge in [-0.2, -0.15) is 29.4 Å². The Labute approximate surface area is 723 Å². The topological polar surface area (TPSA) is 414 Å². The number of benzene rings is 6. The molecule has 3 aliphatic heterocycles. The second-order valence-corrected chi connectivity index (χ2v) is 36.1. The number of nitrogens with zero attached hydrogens (tertiary/aromatic N) is 6. The maximum Gasteiger partial charge on any atom is 0.333 e. The number of unbranched alkanes of at least 4 members (excludes halogenated alkanes) is 4. The number of imide groups is 1. The SMILES string of the molecule is C.C.CCN(CC)c1ccc2c(-c3ccc(S(=O)(=O)NCCCCCC(=O)NCC(O)C[n+]4cccc(C[C-](C)P(=O)(O)O)c4)cc3S(=O)(=O)O)c3ccc(=[N+](CC)CC)cc-3oc2c1.CCN(CC)c1ccc2c(-c3ccc(S(=O)(=O)NCCCCCC(=O)ON4C(=O)CCC4=O)cc3S(=O)(=O)O)c3ccc(=[N+](CC)CC)cc-3oc2c1.[Y]. The Hall–Kier alpha value is -8.06. The van der Waals surface area contributed by atoms with E-state index in [2.05, 4.69) is 33.7 Å². The van der Waals surface area contributed by atoms with Crippen molar-refractivity contribution in [1.29, 1.82) is 0 Å². The Kier molecular flexibility index (Phi) is 37.0. The summed E-state index contributed by atoms with van der Waals surface area (Å²) in [4.78, 5) is 73.7. The Bertz CT molecular complexity index is 5690. The van der Waals surface area contributed by atoms with E-state index in [0.29, 0.717) is 105 Å². The summed E-state index contributed by atoms with van der Waals surface area (Å²) in [7, 11) is -22.7. The summed E-state index contributed by atoms with van der Waals surface area (Å²) in [5.74, 6) is -1.21. The van der Waals surface area contributed by atoms with Crippen LogP contribution in [0.1, 0.15) is 147 Å². The number of aromatic nitrogens is 1. The fourth-order valence-electron chi connectivity index (χ4n) is 14.0. The van der Waals surface area contributed by atoms with Gasteiger partial charge < -0.3 is 43.7 Å². The van der Waals surface area contributed by atoms with E-state index < -0.39 is 81.6 Å². The maximum atomic E-state index is 13.5. The molecule has 4 aromatic carbocycles. The molecule has 36 heteroatoms. The Balaban J connectivity index is 0.000000365. The first kappa shape index (κ1) is 99.8. The molecule has 1 radical (unpaired) electrons. The summed E-state index contributed by atoms with van der Waals surface area (Å²) >= 11 is 0. The van der Waals surface area contributed by atoms with Crippen molar-refractivity contribution in [2.45, 2.75) is 180 Å². The molecule has 8 N–H and O–H groups in total. The molecule has 4 heterocycles. The van der Waals surface area contributed by atoms with E-state index in [1.165, 1.54) is 31.2 Å². The van der Waals surface area contributed by atoms with Gasteiger partial charge in [0, 0.05) is 190 Å². The van der Waals surface area contributed by atoms with Crippen LogP contribution in [0, 0.1) is 5.66 Å². The summed E-state index contributed by atoms with van der Waals surface area (Å²) in [5, 5.41) is 16.6. The van der Waals surface area contributed by atoms with Crippen LogP contribution in [0.15, 0.2) is 162 Å². The molecule has 1 fully saturated rings. The van der Waals surface area contributed by atoms with Gasteiger partial charge in [-0.1, -0.05) is 39.8 Å². The van der Waals surface area contributed by atoms with Crippen LogP contribution < -0.4 is 49.0 Å². The van der Waals surface area contributed by atoms with Crippen molar-refractivity contribution in [1.82, 2.24) is 29.0 Å². The molecule has 10 rings (SSSR count). The Morgan fingerprint density at radius 1 is 0.588 bits per heavy atom. The van der Waals surface area contributed by atoms with Crippen molar-refractivity contribution in [2.75, 3.05) is 81.8 Å². The second-order valence-electron chi connectivity index (χ2n) is 27.9. The molecule has 0 spiro atoms. The van der Waals surface area contributed by atoms with Crippen molar-refractivity contribution in [3.05, 3.63) is 156 Å². The smallest absolute Gasteiger partial charge is 0.333 e. The number of hydrogen-bond donors (Lipinski definition) is 8. The predicted octanol–water partition coefficient (Wildman–Crippen LogP) is 10.5. The number of carbonyl (C=O) groups is 4. The van der Waals surface area contributed by atoms with Crippen LogP contribution in [0.25, 0.3) is 66.8 Å². The number of sulfonamides is 2. The van der Waals surface area contributed by atoms with E-state index in [-0.39, 0.29) is 138 Å². The molecule has 30 nitrogen and oxygen atoms in total. The predicted molar refractivity (Wildman–Crippen MR) is 454 cm³/mol. The molecule has 1 saturated heterocycles. The first-order valence-corrected chi connectivity index (χ1v) is 46.2. The van der Waals surface area contributed by atoms with Crippen LogP contribution in [-0.2, 0) is 115 Å². The van der Waals surface area contributed by atoms with Crippen LogP contribution in [0.4, 0.5) is 11.4 Å². The fourth-order valence-corrected chi connectivity index (χ4v) is 18.2. The van der Waals surface area contributed by atoms with Crippen molar-refractivity contribution in [3.63, 3.8) is 0 Å². The van der Waals surface area contributed by atoms with E-state index in [4.69, 9.17) is 13.7 Å². The number of fused-ring (bicyclic) bond motifs is 4. The van der Waals surface area contributed by atoms with E-state index >= 15 is 0 Å². The van der Waals surface area contributed by atoms with E-state index in [1.54, 1.807) is 29.1 Å².